The van der Waals surface area contributed by atoms with Crippen molar-refractivity contribution in [2.45, 2.75) is 18.9 Å². The van der Waals surface area contributed by atoms with Gasteiger partial charge in [-0.05, 0) is 36.4 Å². The lowest BCUT2D eigenvalue weighted by molar-refractivity contribution is 0.122. The van der Waals surface area contributed by atoms with E-state index < -0.39 is 0 Å². The maximum Gasteiger partial charge on any atom is 0.322 e. The monoisotopic (exact) mass is 358 g/mol. The summed E-state index contributed by atoms with van der Waals surface area (Å²) in [6.45, 7) is 3.98. The van der Waals surface area contributed by atoms with Crippen LogP contribution < -0.4 is 10.2 Å². The molecule has 0 bridgehead atoms. The van der Waals surface area contributed by atoms with Crippen LogP contribution in [0, 0.1) is 0 Å². The number of nitrogens with one attached hydrogen (secondary N) is 1. The van der Waals surface area contributed by atoms with E-state index >= 15 is 0 Å². The van der Waals surface area contributed by atoms with Gasteiger partial charge in [0, 0.05) is 24.5 Å². The molecule has 7 heteroatoms. The third kappa shape index (κ3) is 3.62. The maximum atomic E-state index is 12.7. The highest BCUT2D eigenvalue weighted by Crippen LogP contribution is 2.34. The number of likely N-dealkylation sites (tertiary alicyclic amines) is 1. The van der Waals surface area contributed by atoms with Crippen molar-refractivity contribution in [3.63, 3.8) is 0 Å². The highest BCUT2D eigenvalue weighted by molar-refractivity contribution is 7.10. The molecule has 1 N–H and O–H groups in total. The molecule has 2 aliphatic rings. The molecule has 0 saturated carbocycles. The Hall–Kier alpha value is -2.12. The minimum Gasteiger partial charge on any atom is -0.378 e. The molecule has 2 aromatic heterocycles. The van der Waals surface area contributed by atoms with Crippen LogP contribution >= 0.6 is 11.3 Å². The third-order valence-corrected chi connectivity index (χ3v) is 5.69. The first-order valence-electron chi connectivity index (χ1n) is 8.71. The molecule has 4 rings (SSSR count). The molecule has 0 radical (unpaired) electrons. The number of nitrogens with zero attached hydrogens (tertiary/aromatic N) is 3. The number of anilines is 2. The van der Waals surface area contributed by atoms with E-state index in [9.17, 15) is 4.79 Å². The van der Waals surface area contributed by atoms with E-state index in [1.807, 2.05) is 23.1 Å². The first-order chi connectivity index (χ1) is 12.3. The van der Waals surface area contributed by atoms with Crippen LogP contribution in [0.2, 0.25) is 0 Å². The van der Waals surface area contributed by atoms with Gasteiger partial charge in [-0.15, -0.1) is 11.3 Å². The van der Waals surface area contributed by atoms with E-state index in [-0.39, 0.29) is 12.1 Å². The number of amides is 2. The first kappa shape index (κ1) is 16.4. The molecule has 2 amide bonds. The summed E-state index contributed by atoms with van der Waals surface area (Å²) in [5, 5.41) is 5.06. The van der Waals surface area contributed by atoms with E-state index in [1.54, 1.807) is 17.5 Å². The van der Waals surface area contributed by atoms with E-state index in [1.165, 1.54) is 4.88 Å². The smallest absolute Gasteiger partial charge is 0.322 e. The van der Waals surface area contributed by atoms with Gasteiger partial charge in [0.2, 0.25) is 0 Å². The van der Waals surface area contributed by atoms with Crippen LogP contribution in [-0.2, 0) is 4.74 Å². The molecule has 1 atom stereocenters. The second-order valence-corrected chi connectivity index (χ2v) is 7.28. The molecule has 1 unspecified atom stereocenters. The Kier molecular flexibility index (Phi) is 4.85. The van der Waals surface area contributed by atoms with Gasteiger partial charge < -0.3 is 19.9 Å². The fraction of sp³-hybridized carbons (Fsp3) is 0.444. The Morgan fingerprint density at radius 3 is 2.84 bits per heavy atom. The number of rotatable bonds is 3. The van der Waals surface area contributed by atoms with Crippen LogP contribution in [0.15, 0.2) is 35.8 Å². The van der Waals surface area contributed by atoms with E-state index in [0.29, 0.717) is 0 Å². The van der Waals surface area contributed by atoms with Crippen molar-refractivity contribution in [1.29, 1.82) is 0 Å². The van der Waals surface area contributed by atoms with Crippen LogP contribution in [0.1, 0.15) is 23.8 Å². The molecule has 2 aromatic rings. The lowest BCUT2D eigenvalue weighted by Crippen LogP contribution is -2.36. The molecule has 132 valence electrons. The lowest BCUT2D eigenvalue weighted by Gasteiger charge is -2.28. The van der Waals surface area contributed by atoms with Crippen molar-refractivity contribution in [2.75, 3.05) is 43.1 Å². The van der Waals surface area contributed by atoms with Crippen LogP contribution in [-0.4, -0.2) is 48.8 Å². The number of aromatic nitrogens is 1. The van der Waals surface area contributed by atoms with Crippen molar-refractivity contribution in [2.24, 2.45) is 0 Å². The number of ether oxygens (including phenoxy) is 1. The summed E-state index contributed by atoms with van der Waals surface area (Å²) in [5.41, 5.74) is 0.735. The summed E-state index contributed by atoms with van der Waals surface area (Å²) in [4.78, 5) is 22.5. The van der Waals surface area contributed by atoms with Gasteiger partial charge in [0.05, 0.1) is 31.1 Å². The summed E-state index contributed by atoms with van der Waals surface area (Å²) >= 11 is 1.72. The van der Waals surface area contributed by atoms with Gasteiger partial charge in [-0.25, -0.2) is 9.78 Å². The van der Waals surface area contributed by atoms with Gasteiger partial charge in [-0.2, -0.15) is 0 Å². The second-order valence-electron chi connectivity index (χ2n) is 6.30. The number of carbonyl (C=O) groups is 1. The molecule has 6 nitrogen and oxygen atoms in total. The summed E-state index contributed by atoms with van der Waals surface area (Å²) in [7, 11) is 0. The van der Waals surface area contributed by atoms with Crippen LogP contribution in [0.4, 0.5) is 16.3 Å². The zero-order chi connectivity index (χ0) is 17.1. The Bertz CT molecular complexity index is 698. The highest BCUT2D eigenvalue weighted by atomic mass is 32.1. The normalized spacial score (nSPS) is 20.7. The van der Waals surface area contributed by atoms with Gasteiger partial charge in [-0.3, -0.25) is 0 Å². The van der Waals surface area contributed by atoms with E-state index in [4.69, 9.17) is 4.74 Å². The molecule has 0 spiro atoms. The lowest BCUT2D eigenvalue weighted by atomic mass is 10.2. The highest BCUT2D eigenvalue weighted by Gasteiger charge is 2.30. The number of hydrogen-bond donors (Lipinski definition) is 1. The molecular weight excluding hydrogens is 336 g/mol. The van der Waals surface area contributed by atoms with E-state index in [0.717, 1.165) is 57.2 Å². The number of urea groups is 1. The minimum atomic E-state index is -0.0446. The van der Waals surface area contributed by atoms with Crippen molar-refractivity contribution in [3.8, 4) is 0 Å². The minimum absolute atomic E-state index is 0.0446. The van der Waals surface area contributed by atoms with Gasteiger partial charge in [-0.1, -0.05) is 6.07 Å². The van der Waals surface area contributed by atoms with E-state index in [2.05, 4.69) is 26.6 Å². The fourth-order valence-corrected chi connectivity index (χ4v) is 4.29. The number of carbonyl (C=O) groups excluding carboxylic acids is 1. The van der Waals surface area contributed by atoms with Crippen LogP contribution in [0.5, 0.6) is 0 Å². The first-order valence-corrected chi connectivity index (χ1v) is 9.59. The summed E-state index contributed by atoms with van der Waals surface area (Å²) in [5.74, 6) is 0.930. The molecular formula is C18H22N4O2S. The summed E-state index contributed by atoms with van der Waals surface area (Å²) < 4.78 is 5.36. The largest absolute Gasteiger partial charge is 0.378 e. The van der Waals surface area contributed by atoms with Crippen molar-refractivity contribution >= 4 is 28.9 Å². The zero-order valence-corrected chi connectivity index (χ0v) is 14.9. The van der Waals surface area contributed by atoms with Crippen molar-refractivity contribution < 1.29 is 9.53 Å². The fourth-order valence-electron chi connectivity index (χ4n) is 3.42. The predicted molar refractivity (Wildman–Crippen MR) is 99.3 cm³/mol. The van der Waals surface area contributed by atoms with Gasteiger partial charge in [0.25, 0.3) is 0 Å². The average Bonchev–Trinajstić information content (AvgIpc) is 3.34. The number of thiophene rings is 1. The molecule has 0 aliphatic carbocycles. The average molecular weight is 358 g/mol. The third-order valence-electron chi connectivity index (χ3n) is 4.72. The standard InChI is InChI=1S/C18H22N4O2S/c23-18(22-7-1-3-15(22)16-4-2-12-25-16)20-14-5-6-17(19-13-14)21-8-10-24-11-9-21/h2,4-6,12-13,15H,1,3,7-11H2,(H,20,23). The van der Waals surface area contributed by atoms with Gasteiger partial charge in [0.15, 0.2) is 0 Å². The summed E-state index contributed by atoms with van der Waals surface area (Å²) in [6.07, 6.45) is 3.81. The number of hydrogen-bond acceptors (Lipinski definition) is 5. The molecule has 2 aliphatic heterocycles. The predicted octanol–water partition coefficient (Wildman–Crippen LogP) is 3.35. The number of pyridine rings is 1. The number of morpholine rings is 1. The Morgan fingerprint density at radius 1 is 1.24 bits per heavy atom. The Balaban J connectivity index is 1.40. The second kappa shape index (κ2) is 7.41. The Morgan fingerprint density at radius 2 is 2.12 bits per heavy atom. The summed E-state index contributed by atoms with van der Waals surface area (Å²) in [6, 6.07) is 8.19. The van der Waals surface area contributed by atoms with Crippen molar-refractivity contribution in [3.05, 3.63) is 40.7 Å². The zero-order valence-electron chi connectivity index (χ0n) is 14.1. The molecule has 25 heavy (non-hydrogen) atoms. The topological polar surface area (TPSA) is 57.7 Å². The van der Waals surface area contributed by atoms with Crippen molar-refractivity contribution in [1.82, 2.24) is 9.88 Å². The molecule has 0 aromatic carbocycles. The van der Waals surface area contributed by atoms with Gasteiger partial charge >= 0.3 is 6.03 Å². The SMILES string of the molecule is O=C(Nc1ccc(N2CCOCC2)nc1)N1CCCC1c1cccs1. The van der Waals surface area contributed by atoms with Gasteiger partial charge in [0.1, 0.15) is 5.82 Å². The van der Waals surface area contributed by atoms with Crippen LogP contribution in [0.3, 0.4) is 0 Å². The molecule has 4 heterocycles. The maximum absolute atomic E-state index is 12.7. The molecule has 2 saturated heterocycles. The van der Waals surface area contributed by atoms with Crippen LogP contribution in [0.25, 0.3) is 0 Å². The molecule has 2 fully saturated rings. The Labute approximate surface area is 151 Å². The quantitative estimate of drug-likeness (QED) is 0.914.